The summed E-state index contributed by atoms with van der Waals surface area (Å²) < 4.78 is 64.6. The first-order valence-corrected chi connectivity index (χ1v) is 27.8. The fraction of sp³-hybridized carbons (Fsp3) is 0.327. The van der Waals surface area contributed by atoms with Crippen molar-refractivity contribution in [1.82, 2.24) is 25.3 Å². The van der Waals surface area contributed by atoms with Crippen LogP contribution in [0, 0.1) is 0 Å². The van der Waals surface area contributed by atoms with Crippen LogP contribution in [0.15, 0.2) is 115 Å². The van der Waals surface area contributed by atoms with Crippen LogP contribution < -0.4 is 41.4 Å². The molecule has 10 rings (SSSR count). The number of hydrogen-bond acceptors (Lipinski definition) is 18. The van der Waals surface area contributed by atoms with Crippen LogP contribution >= 0.6 is 46.2 Å². The monoisotopic (exact) mass is 1150 g/mol. The van der Waals surface area contributed by atoms with E-state index in [-0.39, 0.29) is 41.3 Å². The molecule has 0 bridgehead atoms. The maximum atomic E-state index is 12.9. The number of nitrogen functional groups attached to an aromatic ring is 1. The van der Waals surface area contributed by atoms with Gasteiger partial charge in [0.05, 0.1) is 44.5 Å². The molecule has 26 heteroatoms. The Bertz CT molecular complexity index is 3230. The van der Waals surface area contributed by atoms with Gasteiger partial charge in [-0.15, -0.1) is 22.7 Å². The molecule has 0 atom stereocenters. The van der Waals surface area contributed by atoms with E-state index in [9.17, 15) is 31.9 Å². The molecule has 3 aliphatic heterocycles. The number of alkyl carbamates (subject to hydrolysis) is 1. The molecule has 0 spiro atoms. The maximum absolute atomic E-state index is 12.9. The number of carboxylic acids is 1. The van der Waals surface area contributed by atoms with Crippen LogP contribution in [0.25, 0.3) is 11.0 Å². The van der Waals surface area contributed by atoms with E-state index in [0.717, 1.165) is 103 Å². The SMILES string of the molecule is CC(C)(C)OC(=O)NC1CCN(c2ccccc2N)CC1.NC1CCN(c2ccccc2NC(=O)c2csc(SC3=Nc4ccc(OC(F)F)cc4C3)n2)CC1.O=C(O)c1csc(Sc2nc3ccc(OC(F)F)cc3[nH]2)n1. The highest BCUT2D eigenvalue weighted by Gasteiger charge is 2.26. The third-order valence-electron chi connectivity index (χ3n) is 11.9. The number of amides is 2. The Balaban J connectivity index is 0.000000163. The minimum Gasteiger partial charge on any atom is -0.476 e. The van der Waals surface area contributed by atoms with E-state index in [1.807, 2.05) is 69.3 Å². The largest absolute Gasteiger partial charge is 0.476 e. The Morgan fingerprint density at radius 2 is 1.38 bits per heavy atom. The van der Waals surface area contributed by atoms with Crippen molar-refractivity contribution >= 4 is 109 Å². The molecule has 0 saturated carbocycles. The molecule has 0 aliphatic carbocycles. The third kappa shape index (κ3) is 16.2. The van der Waals surface area contributed by atoms with E-state index in [1.165, 1.54) is 58.0 Å². The smallest absolute Gasteiger partial charge is 0.407 e. The molecule has 412 valence electrons. The van der Waals surface area contributed by atoms with E-state index in [0.29, 0.717) is 37.0 Å². The van der Waals surface area contributed by atoms with Crippen LogP contribution in [0.5, 0.6) is 11.5 Å². The van der Waals surface area contributed by atoms with E-state index in [4.69, 9.17) is 21.3 Å². The molecule has 78 heavy (non-hydrogen) atoms. The van der Waals surface area contributed by atoms with Gasteiger partial charge in [0.25, 0.3) is 5.91 Å². The van der Waals surface area contributed by atoms with Gasteiger partial charge in [0.2, 0.25) is 0 Å². The summed E-state index contributed by atoms with van der Waals surface area (Å²) in [4.78, 5) is 60.1. The lowest BCUT2D eigenvalue weighted by atomic mass is 10.0. The van der Waals surface area contributed by atoms with Gasteiger partial charge in [0, 0.05) is 61.5 Å². The van der Waals surface area contributed by atoms with Gasteiger partial charge in [-0.3, -0.25) is 4.79 Å². The molecular formula is C52H55F4N11O7S4. The number of rotatable bonds is 13. The molecule has 8 N–H and O–H groups in total. The summed E-state index contributed by atoms with van der Waals surface area (Å²) in [5.74, 6) is -1.23. The van der Waals surface area contributed by atoms with E-state index >= 15 is 0 Å². The van der Waals surface area contributed by atoms with Gasteiger partial charge in [-0.2, -0.15) is 17.6 Å². The summed E-state index contributed by atoms with van der Waals surface area (Å²) in [5.41, 5.74) is 18.1. The third-order valence-corrected chi connectivity index (χ3v) is 15.6. The fourth-order valence-corrected chi connectivity index (χ4v) is 11.8. The number of piperidine rings is 2. The van der Waals surface area contributed by atoms with Crippen LogP contribution in [-0.4, -0.2) is 105 Å². The first kappa shape index (κ1) is 57.1. The van der Waals surface area contributed by atoms with Gasteiger partial charge >= 0.3 is 25.3 Å². The van der Waals surface area contributed by atoms with E-state index in [1.54, 1.807) is 23.6 Å². The number of thioether (sulfide) groups is 1. The number of aromatic amines is 1. The Kier molecular flexibility index (Phi) is 19.0. The minimum absolute atomic E-state index is 0.0313. The van der Waals surface area contributed by atoms with Crippen molar-refractivity contribution < 1.29 is 51.3 Å². The van der Waals surface area contributed by atoms with Gasteiger partial charge in [-0.1, -0.05) is 24.3 Å². The summed E-state index contributed by atoms with van der Waals surface area (Å²) >= 11 is 5.07. The van der Waals surface area contributed by atoms with Gasteiger partial charge in [0.1, 0.15) is 22.8 Å². The number of carbonyl (C=O) groups is 3. The highest BCUT2D eigenvalue weighted by molar-refractivity contribution is 8.15. The Morgan fingerprint density at radius 3 is 2.05 bits per heavy atom. The number of ether oxygens (including phenoxy) is 3. The highest BCUT2D eigenvalue weighted by Crippen LogP contribution is 2.37. The fourth-order valence-electron chi connectivity index (χ4n) is 8.26. The van der Waals surface area contributed by atoms with Crippen molar-refractivity contribution in [3.05, 3.63) is 113 Å². The predicted octanol–water partition coefficient (Wildman–Crippen LogP) is 11.5. The minimum atomic E-state index is -2.89. The topological polar surface area (TPSA) is 249 Å². The van der Waals surface area contributed by atoms with Crippen molar-refractivity contribution in [1.29, 1.82) is 0 Å². The lowest BCUT2D eigenvalue weighted by Gasteiger charge is -2.34. The van der Waals surface area contributed by atoms with Gasteiger partial charge in [-0.25, -0.2) is 29.5 Å². The number of imidazole rings is 1. The Hall–Kier alpha value is -7.13. The highest BCUT2D eigenvalue weighted by atomic mass is 32.2. The number of anilines is 4. The van der Waals surface area contributed by atoms with E-state index < -0.39 is 24.8 Å². The first-order valence-electron chi connectivity index (χ1n) is 24.4. The number of benzene rings is 4. The second kappa shape index (κ2) is 26.0. The molecule has 3 aliphatic rings. The predicted molar refractivity (Wildman–Crippen MR) is 297 cm³/mol. The molecule has 3 aromatic heterocycles. The summed E-state index contributed by atoms with van der Waals surface area (Å²) in [5, 5.41) is 19.2. The molecular weight excluding hydrogens is 1090 g/mol. The second-order valence-electron chi connectivity index (χ2n) is 18.7. The van der Waals surface area contributed by atoms with E-state index in [2.05, 4.69) is 54.8 Å². The number of para-hydroxylation sites is 4. The van der Waals surface area contributed by atoms with Crippen molar-refractivity contribution in [2.75, 3.05) is 47.0 Å². The maximum Gasteiger partial charge on any atom is 0.407 e. The van der Waals surface area contributed by atoms with Gasteiger partial charge in [-0.05, 0) is 130 Å². The Morgan fingerprint density at radius 1 is 0.782 bits per heavy atom. The number of aromatic nitrogens is 4. The van der Waals surface area contributed by atoms with Crippen molar-refractivity contribution in [3.63, 3.8) is 0 Å². The molecule has 18 nitrogen and oxygen atoms in total. The van der Waals surface area contributed by atoms with Crippen molar-refractivity contribution in [2.24, 2.45) is 10.7 Å². The number of carbonyl (C=O) groups excluding carboxylic acids is 2. The summed E-state index contributed by atoms with van der Waals surface area (Å²) in [6.07, 6.45) is 3.79. The number of H-pyrrole nitrogens is 1. The standard InChI is InChI=1S/C24H23F2N5O2S2.C16H25N3O2.C12H7F2N3O3S2/c25-23(26)33-16-5-6-17-14(11-16)12-21(28-17)35-24-30-19(13-34-24)22(32)29-18-3-1-2-4-20(18)31-9-7-15(27)8-10-31;1-16(2,3)21-15(20)18-12-8-10-19(11-9-12)14-7-5-4-6-13(14)17;13-10(14)20-5-1-2-6-7(3-5)16-11(15-6)22-12-17-8(4-21-12)9(18)19/h1-6,11,13,15,23H,7-10,12,27H2,(H,29,32);4-7,12H,8-11,17H2,1-3H3,(H,18,20);1-4,10H,(H,15,16)(H,18,19). The number of carboxylic acid groups (broad SMARTS) is 1. The number of alkyl halides is 4. The number of aromatic carboxylic acids is 1. The van der Waals surface area contributed by atoms with Crippen molar-refractivity contribution in [3.8, 4) is 11.5 Å². The number of nitrogens with two attached hydrogens (primary N) is 2. The molecule has 7 aromatic rings. The molecule has 4 aromatic carbocycles. The number of nitrogens with zero attached hydrogens (tertiary/aromatic N) is 6. The number of nitrogens with one attached hydrogen (secondary N) is 3. The van der Waals surface area contributed by atoms with Crippen LogP contribution in [0.4, 0.5) is 50.8 Å². The number of halogens is 4. The molecule has 2 amide bonds. The molecule has 2 saturated heterocycles. The summed E-state index contributed by atoms with van der Waals surface area (Å²) in [6.45, 7) is 3.32. The Labute approximate surface area is 462 Å². The van der Waals surface area contributed by atoms with Gasteiger partial charge in [0.15, 0.2) is 19.5 Å². The first-order chi connectivity index (χ1) is 37.3. The summed E-state index contributed by atoms with van der Waals surface area (Å²) in [7, 11) is 0. The number of fused-ring (bicyclic) bond motifs is 2. The van der Waals surface area contributed by atoms with Crippen LogP contribution in [-0.2, 0) is 11.2 Å². The normalized spacial score (nSPS) is 14.7. The molecule has 0 unspecified atom stereocenters. The van der Waals surface area contributed by atoms with Crippen LogP contribution in [0.1, 0.15) is 73.0 Å². The molecule has 0 radical (unpaired) electrons. The average Bonchev–Trinajstić information content (AvgIpc) is 4.23. The quantitative estimate of drug-likeness (QED) is 0.0464. The summed E-state index contributed by atoms with van der Waals surface area (Å²) in [6, 6.07) is 25.1. The zero-order valence-electron chi connectivity index (χ0n) is 42.3. The molecule has 2 fully saturated rings. The number of thiazole rings is 2. The second-order valence-corrected chi connectivity index (χ2v) is 23.0. The molecule has 6 heterocycles. The van der Waals surface area contributed by atoms with Crippen LogP contribution in [0.2, 0.25) is 0 Å². The van der Waals surface area contributed by atoms with Crippen LogP contribution in [0.3, 0.4) is 0 Å². The number of aliphatic imine (C=N–C) groups is 1. The van der Waals surface area contributed by atoms with Gasteiger partial charge < -0.3 is 56.2 Å². The average molecular weight is 1150 g/mol. The zero-order valence-corrected chi connectivity index (χ0v) is 45.6. The number of hydrogen-bond donors (Lipinski definition) is 6. The lowest BCUT2D eigenvalue weighted by molar-refractivity contribution is -0.0505. The lowest BCUT2D eigenvalue weighted by Crippen LogP contribution is -2.46. The van der Waals surface area contributed by atoms with Crippen molar-refractivity contribution in [2.45, 2.75) is 97.6 Å². The zero-order chi connectivity index (χ0) is 55.5.